The fourth-order valence-corrected chi connectivity index (χ4v) is 15.1. The van der Waals surface area contributed by atoms with E-state index in [1.807, 2.05) is 13.8 Å². The fraction of sp³-hybridized carbons (Fsp3) is 0.591. The van der Waals surface area contributed by atoms with Crippen LogP contribution < -0.4 is 114 Å². The molecule has 0 bridgehead atoms. The van der Waals surface area contributed by atoms with Crippen LogP contribution in [0.3, 0.4) is 0 Å². The van der Waals surface area contributed by atoms with Gasteiger partial charge in [0.25, 0.3) is 0 Å². The number of amides is 16. The van der Waals surface area contributed by atoms with Crippen LogP contribution in [0, 0.1) is 40.4 Å². The van der Waals surface area contributed by atoms with Crippen molar-refractivity contribution in [2.24, 2.45) is 58.3 Å². The number of unbranched alkanes of at least 4 members (excludes halogenated alkanes) is 1. The van der Waals surface area contributed by atoms with Crippen LogP contribution in [0.1, 0.15) is 196 Å². The summed E-state index contributed by atoms with van der Waals surface area (Å²) in [6.45, 7) is 18.3. The predicted molar refractivity (Wildman–Crippen MR) is 509 cm³/mol. The van der Waals surface area contributed by atoms with Gasteiger partial charge in [-0.05, 0) is 150 Å². The lowest BCUT2D eigenvalue weighted by atomic mass is 9.99. The van der Waals surface area contributed by atoms with Gasteiger partial charge in [-0.25, -0.2) is 4.79 Å². The molecule has 16 amide bonds. The van der Waals surface area contributed by atoms with Crippen LogP contribution in [-0.2, 0) is 106 Å². The number of carboxylic acids is 2. The highest BCUT2D eigenvalue weighted by Gasteiger charge is 2.43. The first-order valence-electron chi connectivity index (χ1n) is 46.6. The van der Waals surface area contributed by atoms with Crippen LogP contribution in [0.4, 0.5) is 0 Å². The molecule has 1 fully saturated rings. The Hall–Kier alpha value is -13.4. The molecule has 1 saturated heterocycles. The van der Waals surface area contributed by atoms with Gasteiger partial charge >= 0.3 is 11.9 Å². The van der Waals surface area contributed by atoms with Crippen molar-refractivity contribution in [1.29, 1.82) is 10.8 Å². The number of aliphatic carboxylic acids is 2. The Balaban J connectivity index is 1.66. The molecule has 3 aromatic carbocycles. The zero-order valence-corrected chi connectivity index (χ0v) is 80.3. The summed E-state index contributed by atoms with van der Waals surface area (Å²) >= 11 is 0. The van der Waals surface area contributed by atoms with Crippen LogP contribution >= 0.6 is 0 Å². The molecular formula is C93H146N24O20. The van der Waals surface area contributed by atoms with Crippen molar-refractivity contribution in [3.05, 3.63) is 108 Å². The average Bonchev–Trinajstić information content (AvgIpc) is 1.71. The van der Waals surface area contributed by atoms with Crippen LogP contribution in [-0.4, -0.2) is 257 Å². The molecular weight excluding hydrogens is 1770 g/mol. The van der Waals surface area contributed by atoms with Gasteiger partial charge in [0.05, 0.1) is 19.0 Å². The van der Waals surface area contributed by atoms with Crippen LogP contribution in [0.25, 0.3) is 0 Å². The maximum Gasteiger partial charge on any atom is 0.326 e. The van der Waals surface area contributed by atoms with Gasteiger partial charge in [-0.2, -0.15) is 0 Å². The summed E-state index contributed by atoms with van der Waals surface area (Å²) in [7, 11) is 0. The number of benzene rings is 3. The first kappa shape index (κ1) is 116. The van der Waals surface area contributed by atoms with E-state index < -0.39 is 228 Å². The van der Waals surface area contributed by atoms with E-state index in [-0.39, 0.29) is 153 Å². The lowest BCUT2D eigenvalue weighted by Crippen LogP contribution is -2.61. The molecule has 44 heteroatoms. The van der Waals surface area contributed by atoms with Gasteiger partial charge in [-0.3, -0.25) is 92.3 Å². The number of hydrogen-bond acceptors (Lipinski definition) is 22. The van der Waals surface area contributed by atoms with E-state index >= 15 is 19.2 Å². The summed E-state index contributed by atoms with van der Waals surface area (Å²) in [5, 5.41) is 77.3. The zero-order chi connectivity index (χ0) is 102. The second kappa shape index (κ2) is 60.1. The molecule has 15 atom stereocenters. The highest BCUT2D eigenvalue weighted by atomic mass is 16.4. The third kappa shape index (κ3) is 43.9. The summed E-state index contributed by atoms with van der Waals surface area (Å²) in [6, 6.07) is 3.54. The van der Waals surface area contributed by atoms with Gasteiger partial charge in [0.1, 0.15) is 84.6 Å². The first-order chi connectivity index (χ1) is 64.7. The largest absolute Gasteiger partial charge is 0.481 e. The smallest absolute Gasteiger partial charge is 0.326 e. The minimum atomic E-state index is -1.95. The van der Waals surface area contributed by atoms with E-state index in [9.17, 15) is 77.3 Å². The van der Waals surface area contributed by atoms with Crippen molar-refractivity contribution >= 4 is 118 Å². The minimum Gasteiger partial charge on any atom is -0.481 e. The average molecular weight is 1920 g/mol. The summed E-state index contributed by atoms with van der Waals surface area (Å²) in [5.41, 5.74) is 30.0. The number of rotatable bonds is 62. The summed E-state index contributed by atoms with van der Waals surface area (Å²) < 4.78 is 0. The number of carbonyl (C=O) groups is 18. The number of nitrogens with zero attached hydrogens (tertiary/aromatic N) is 1. The molecule has 0 aromatic heterocycles. The molecule has 0 spiro atoms. The number of nitrogens with two attached hydrogens (primary N) is 5. The number of guanidine groups is 2. The molecule has 1 heterocycles. The lowest BCUT2D eigenvalue weighted by molar-refractivity contribution is -0.143. The molecule has 3 aromatic rings. The predicted octanol–water partition coefficient (Wildman–Crippen LogP) is -2.21. The van der Waals surface area contributed by atoms with Crippen molar-refractivity contribution in [2.45, 2.75) is 289 Å². The highest BCUT2D eigenvalue weighted by Crippen LogP contribution is 2.23. The quantitative estimate of drug-likeness (QED) is 0.0162. The second-order valence-electron chi connectivity index (χ2n) is 36.5. The number of likely N-dealkylation sites (tertiary alicyclic amines) is 1. The van der Waals surface area contributed by atoms with Crippen molar-refractivity contribution in [1.82, 2.24) is 90.0 Å². The molecule has 0 saturated carbocycles. The number of carboxylic acid groups (broad SMARTS) is 2. The monoisotopic (exact) mass is 1920 g/mol. The van der Waals surface area contributed by atoms with E-state index in [4.69, 9.17) is 39.5 Å². The number of carbonyl (C=O) groups excluding carboxylic acids is 16. The van der Waals surface area contributed by atoms with E-state index in [1.54, 1.807) is 146 Å². The molecule has 4 rings (SSSR count). The van der Waals surface area contributed by atoms with Gasteiger partial charge in [-0.15, -0.1) is 0 Å². The Morgan fingerprint density at radius 3 is 1.19 bits per heavy atom. The maximum absolute atomic E-state index is 15.3. The van der Waals surface area contributed by atoms with Gasteiger partial charge in [-0.1, -0.05) is 160 Å². The molecule has 44 nitrogen and oxygen atoms in total. The molecule has 137 heavy (non-hydrogen) atoms. The standard InChI is InChI=1S/C93H146N24O20/c1-51(2)42-60(95)78(123)103-50-74(119)105-64(36-37-73(96)118)79(124)104-56(11)77(122)109-66(46-57-26-15-12-16-27-57)84(129)107-62(33-23-39-101-92(97)98)80(125)106-61(32-21-22-38-94)81(126)110-68(48-59-30-19-14-20-31-59)86(131)114-70(44-53(5)6)90(135)117-41-25-35-72(117)88(133)113-65(43-52(3)4)83(128)111-67(47-58-28-17-13-18-29-58)85(130)112-69(49-75(120)121)87(132)108-63(34-24-40-102-93(99)100)82(127)116-76(55(9)10)89(134)115-71(91(136)137)45-54(7)8/h12-20,26-31,51-56,60-72,76H,21-25,32-50,94-95H2,1-11H3,(H2,96,118)(H,103,123)(H,104,124)(H,105,119)(H,106,125)(H,107,129)(H,108,132)(H,109,122)(H,110,126)(H,111,128)(H,112,130)(H,113,133)(H,114,131)(H,115,134)(H,116,127)(H,120,121)(H,136,137)(H4,97,98,101)(H4,99,100,102)/t56-,60-,61-,62-,63-,64-,65-,66-,67-,68-,69-,70-,71-,72-,76-/m0/s1. The van der Waals surface area contributed by atoms with E-state index in [1.165, 1.54) is 11.8 Å². The summed E-state index contributed by atoms with van der Waals surface area (Å²) in [4.78, 5) is 255. The van der Waals surface area contributed by atoms with E-state index in [0.29, 0.717) is 29.5 Å². The minimum absolute atomic E-state index is 0.00461. The number of hydrogen-bond donors (Lipinski definition) is 25. The van der Waals surface area contributed by atoms with Crippen molar-refractivity contribution in [3.8, 4) is 0 Å². The van der Waals surface area contributed by atoms with E-state index in [2.05, 4.69) is 85.1 Å². The fourth-order valence-electron chi connectivity index (χ4n) is 15.1. The lowest BCUT2D eigenvalue weighted by Gasteiger charge is -2.32. The Morgan fingerprint density at radius 2 is 0.766 bits per heavy atom. The van der Waals surface area contributed by atoms with Gasteiger partial charge in [0.15, 0.2) is 11.9 Å². The zero-order valence-electron chi connectivity index (χ0n) is 80.3. The van der Waals surface area contributed by atoms with Gasteiger partial charge in [0.2, 0.25) is 94.5 Å². The number of primary amides is 1. The Morgan fingerprint density at radius 1 is 0.394 bits per heavy atom. The molecule has 1 aliphatic rings. The first-order valence-corrected chi connectivity index (χ1v) is 46.6. The van der Waals surface area contributed by atoms with Crippen molar-refractivity contribution in [3.63, 3.8) is 0 Å². The molecule has 0 unspecified atom stereocenters. The maximum atomic E-state index is 15.3. The molecule has 758 valence electrons. The Bertz CT molecular complexity index is 4530. The molecule has 0 aliphatic carbocycles. The van der Waals surface area contributed by atoms with Crippen LogP contribution in [0.15, 0.2) is 91.0 Å². The SMILES string of the molecule is CC(C)C[C@H](NC(=O)[C@@H](NC(=O)[C@H](CCCNC(=N)N)NC(=O)[C@H](CC(=O)O)NC(=O)[C@H](Cc1ccccc1)NC(=O)[C@H](CC(C)C)NC(=O)[C@@H]1CCCN1C(=O)[C@H](CC(C)C)NC(=O)[C@H](Cc1ccccc1)NC(=O)[C@H](CCCCN)NC(=O)[C@H](CCCNC(=N)N)NC(=O)[C@H](Cc1ccccc1)NC(=O)[C@H](C)NC(=O)[C@H](CCC(N)=O)NC(=O)CNC(=O)[C@@H](N)CC(C)C)C(C)C)C(=O)O. The Kier molecular flexibility index (Phi) is 50.9. The summed E-state index contributed by atoms with van der Waals surface area (Å²) in [6.07, 6.45) is -1.54. The van der Waals surface area contributed by atoms with Crippen molar-refractivity contribution < 1.29 is 96.5 Å². The number of nitrogens with one attached hydrogen (secondary N) is 18. The van der Waals surface area contributed by atoms with E-state index in [0.717, 1.165) is 0 Å². The third-order valence-corrected chi connectivity index (χ3v) is 22.2. The normalized spacial score (nSPS) is 15.4. The Labute approximate surface area is 799 Å². The molecule has 1 aliphatic heterocycles. The molecule has 0 radical (unpaired) electrons. The van der Waals surface area contributed by atoms with Gasteiger partial charge < -0.3 is 129 Å². The second-order valence-corrected chi connectivity index (χ2v) is 36.5. The van der Waals surface area contributed by atoms with Crippen LogP contribution in [0.5, 0.6) is 0 Å². The summed E-state index contributed by atoms with van der Waals surface area (Å²) in [5.74, 6) is -19.3. The van der Waals surface area contributed by atoms with Gasteiger partial charge in [0, 0.05) is 45.3 Å². The third-order valence-electron chi connectivity index (χ3n) is 22.2. The highest BCUT2D eigenvalue weighted by molar-refractivity contribution is 6.02. The van der Waals surface area contributed by atoms with Crippen molar-refractivity contribution in [2.75, 3.05) is 32.7 Å². The molecule has 30 N–H and O–H groups in total. The topological polar surface area (TPSA) is 721 Å². The van der Waals surface area contributed by atoms with Crippen LogP contribution in [0.2, 0.25) is 0 Å².